The zero-order valence-corrected chi connectivity index (χ0v) is 19.9. The van der Waals surface area contributed by atoms with Gasteiger partial charge >= 0.3 is 5.97 Å². The van der Waals surface area contributed by atoms with E-state index in [1.807, 2.05) is 36.4 Å². The first kappa shape index (κ1) is 21.9. The van der Waals surface area contributed by atoms with Crippen molar-refractivity contribution in [2.75, 3.05) is 0 Å². The third kappa shape index (κ3) is 3.90. The summed E-state index contributed by atoms with van der Waals surface area (Å²) < 4.78 is 2.16. The summed E-state index contributed by atoms with van der Waals surface area (Å²) in [6.45, 7) is 0.654. The van der Waals surface area contributed by atoms with Gasteiger partial charge in [-0.25, -0.2) is 4.79 Å². The standard InChI is InChI=1S/C29H25ClN2O3/c30-22-10-4-18(5-11-22)17-32-15-12-24-23-3-1-2-20(23)16-25(26(24)32)27(33)31-29(13-14-29)21-8-6-19(7-9-21)28(34)35/h4-12,15-16H,1-3,13-14,17H2,(H,31,33)(H,34,35). The number of rotatable bonds is 6. The number of benzene rings is 3. The van der Waals surface area contributed by atoms with Gasteiger partial charge in [0, 0.05) is 23.2 Å². The van der Waals surface area contributed by atoms with Gasteiger partial charge in [-0.15, -0.1) is 0 Å². The van der Waals surface area contributed by atoms with Gasteiger partial charge in [0.05, 0.1) is 22.2 Å². The molecule has 0 saturated heterocycles. The van der Waals surface area contributed by atoms with Crippen LogP contribution < -0.4 is 5.32 Å². The molecule has 0 unspecified atom stereocenters. The normalized spacial score (nSPS) is 15.7. The summed E-state index contributed by atoms with van der Waals surface area (Å²) in [7, 11) is 0. The Morgan fingerprint density at radius 1 is 1.00 bits per heavy atom. The Morgan fingerprint density at radius 2 is 1.74 bits per heavy atom. The molecule has 3 aromatic carbocycles. The highest BCUT2D eigenvalue weighted by Gasteiger charge is 2.46. The minimum atomic E-state index is -0.951. The van der Waals surface area contributed by atoms with E-state index in [9.17, 15) is 14.7 Å². The maximum atomic E-state index is 13.8. The lowest BCUT2D eigenvalue weighted by Crippen LogP contribution is -2.35. The second kappa shape index (κ2) is 8.28. The molecule has 0 radical (unpaired) electrons. The van der Waals surface area contributed by atoms with Gasteiger partial charge in [0.1, 0.15) is 0 Å². The van der Waals surface area contributed by atoms with Crippen molar-refractivity contribution in [1.29, 1.82) is 0 Å². The van der Waals surface area contributed by atoms with Crippen molar-refractivity contribution in [3.8, 4) is 0 Å². The third-order valence-corrected chi connectivity index (χ3v) is 7.67. The third-order valence-electron chi connectivity index (χ3n) is 7.42. The van der Waals surface area contributed by atoms with E-state index in [1.165, 1.54) is 11.1 Å². The predicted molar refractivity (Wildman–Crippen MR) is 136 cm³/mol. The van der Waals surface area contributed by atoms with E-state index < -0.39 is 11.5 Å². The molecule has 1 aromatic heterocycles. The first-order valence-corrected chi connectivity index (χ1v) is 12.4. The van der Waals surface area contributed by atoms with Gasteiger partial charge in [0.2, 0.25) is 0 Å². The van der Waals surface area contributed by atoms with Gasteiger partial charge < -0.3 is 15.0 Å². The van der Waals surface area contributed by atoms with E-state index in [1.54, 1.807) is 12.1 Å². The molecule has 6 rings (SSSR count). The number of carboxylic acids is 1. The number of fused-ring (bicyclic) bond motifs is 3. The van der Waals surface area contributed by atoms with Crippen molar-refractivity contribution in [2.45, 2.75) is 44.2 Å². The first-order valence-electron chi connectivity index (χ1n) is 12.0. The second-order valence-electron chi connectivity index (χ2n) is 9.67. The van der Waals surface area contributed by atoms with Gasteiger partial charge in [-0.3, -0.25) is 4.79 Å². The molecule has 0 bridgehead atoms. The summed E-state index contributed by atoms with van der Waals surface area (Å²) >= 11 is 6.07. The fourth-order valence-corrected chi connectivity index (χ4v) is 5.54. The fourth-order valence-electron chi connectivity index (χ4n) is 5.41. The molecule has 1 fully saturated rings. The number of halogens is 1. The molecule has 0 aliphatic heterocycles. The Bertz CT molecular complexity index is 1460. The number of aromatic nitrogens is 1. The maximum Gasteiger partial charge on any atom is 0.335 e. The van der Waals surface area contributed by atoms with Crippen molar-refractivity contribution in [1.82, 2.24) is 9.88 Å². The molecule has 2 aliphatic rings. The van der Waals surface area contributed by atoms with Crippen LogP contribution in [0.15, 0.2) is 66.9 Å². The van der Waals surface area contributed by atoms with Crippen molar-refractivity contribution in [3.63, 3.8) is 0 Å². The minimum absolute atomic E-state index is 0.0828. The van der Waals surface area contributed by atoms with E-state index in [2.05, 4.69) is 28.2 Å². The zero-order valence-electron chi connectivity index (χ0n) is 19.2. The number of carbonyl (C=O) groups is 2. The van der Waals surface area contributed by atoms with Crippen molar-refractivity contribution in [2.24, 2.45) is 0 Å². The first-order chi connectivity index (χ1) is 16.9. The van der Waals surface area contributed by atoms with Crippen LogP contribution in [0.4, 0.5) is 0 Å². The van der Waals surface area contributed by atoms with Gasteiger partial charge in [0.15, 0.2) is 0 Å². The molecule has 1 heterocycles. The highest BCUT2D eigenvalue weighted by molar-refractivity contribution is 6.30. The van der Waals surface area contributed by atoms with E-state index >= 15 is 0 Å². The number of hydrogen-bond donors (Lipinski definition) is 2. The van der Waals surface area contributed by atoms with Gasteiger partial charge in [-0.2, -0.15) is 0 Å². The van der Waals surface area contributed by atoms with Crippen LogP contribution in [0.2, 0.25) is 5.02 Å². The van der Waals surface area contributed by atoms with Crippen LogP contribution in [0.1, 0.15) is 62.2 Å². The topological polar surface area (TPSA) is 71.3 Å². The number of aromatic carboxylic acids is 1. The molecule has 5 nitrogen and oxygen atoms in total. The number of nitrogens with one attached hydrogen (secondary N) is 1. The molecule has 4 aromatic rings. The van der Waals surface area contributed by atoms with Crippen LogP contribution in [0.5, 0.6) is 0 Å². The lowest BCUT2D eigenvalue weighted by Gasteiger charge is -2.20. The summed E-state index contributed by atoms with van der Waals surface area (Å²) in [6, 6.07) is 18.9. The highest BCUT2D eigenvalue weighted by Crippen LogP contribution is 2.46. The summed E-state index contributed by atoms with van der Waals surface area (Å²) in [5.41, 5.74) is 6.17. The van der Waals surface area contributed by atoms with Crippen molar-refractivity contribution in [3.05, 3.63) is 105 Å². The molecule has 6 heteroatoms. The van der Waals surface area contributed by atoms with E-state index in [0.29, 0.717) is 17.1 Å². The number of carbonyl (C=O) groups excluding carboxylic acids is 1. The average Bonchev–Trinajstić information content (AvgIpc) is 3.28. The Balaban J connectivity index is 1.37. The number of aryl methyl sites for hydroxylation is 2. The predicted octanol–water partition coefficient (Wildman–Crippen LogP) is 5.95. The number of amides is 1. The van der Waals surface area contributed by atoms with Gasteiger partial charge in [-0.1, -0.05) is 35.9 Å². The average molecular weight is 485 g/mol. The Kier molecular flexibility index (Phi) is 5.19. The molecular weight excluding hydrogens is 460 g/mol. The van der Waals surface area contributed by atoms with Crippen LogP contribution in [0.3, 0.4) is 0 Å². The van der Waals surface area contributed by atoms with Crippen LogP contribution in [0.25, 0.3) is 10.9 Å². The summed E-state index contributed by atoms with van der Waals surface area (Å²) in [4.78, 5) is 25.0. The van der Waals surface area contributed by atoms with Crippen LogP contribution in [-0.2, 0) is 24.9 Å². The largest absolute Gasteiger partial charge is 0.478 e. The molecule has 2 aliphatic carbocycles. The lowest BCUT2D eigenvalue weighted by molar-refractivity contribution is 0.0696. The molecule has 0 atom stereocenters. The van der Waals surface area contributed by atoms with Crippen molar-refractivity contribution >= 4 is 34.4 Å². The Labute approximate surface area is 208 Å². The number of carboxylic acid groups (broad SMARTS) is 1. The summed E-state index contributed by atoms with van der Waals surface area (Å²) in [5, 5.41) is 14.4. The van der Waals surface area contributed by atoms with E-state index in [4.69, 9.17) is 11.6 Å². The maximum absolute atomic E-state index is 13.8. The quantitative estimate of drug-likeness (QED) is 0.355. The van der Waals surface area contributed by atoms with Crippen LogP contribution in [0, 0.1) is 0 Å². The minimum Gasteiger partial charge on any atom is -0.478 e. The van der Waals surface area contributed by atoms with E-state index in [-0.39, 0.29) is 11.5 Å². The van der Waals surface area contributed by atoms with Crippen LogP contribution in [-0.4, -0.2) is 21.6 Å². The second-order valence-corrected chi connectivity index (χ2v) is 10.1. The number of nitrogens with zero attached hydrogens (tertiary/aromatic N) is 1. The molecule has 0 spiro atoms. The fraction of sp³-hybridized carbons (Fsp3) is 0.241. The smallest absolute Gasteiger partial charge is 0.335 e. The summed E-state index contributed by atoms with van der Waals surface area (Å²) in [5.74, 6) is -1.03. The lowest BCUT2D eigenvalue weighted by atomic mass is 9.98. The molecular formula is C29H25ClN2O3. The molecule has 35 heavy (non-hydrogen) atoms. The van der Waals surface area contributed by atoms with Crippen LogP contribution >= 0.6 is 11.6 Å². The molecule has 2 N–H and O–H groups in total. The monoisotopic (exact) mass is 484 g/mol. The van der Waals surface area contributed by atoms with Gasteiger partial charge in [-0.05, 0) is 90.8 Å². The Morgan fingerprint density at radius 3 is 2.43 bits per heavy atom. The Hall–Kier alpha value is -3.57. The van der Waals surface area contributed by atoms with Crippen molar-refractivity contribution < 1.29 is 14.7 Å². The summed E-state index contributed by atoms with van der Waals surface area (Å²) in [6.07, 6.45) is 6.90. The molecule has 1 saturated carbocycles. The number of hydrogen-bond acceptors (Lipinski definition) is 2. The SMILES string of the molecule is O=C(O)c1ccc(C2(NC(=O)c3cc4c(c5ccn(Cc6ccc(Cl)cc6)c35)CCC4)CC2)cc1. The molecule has 1 amide bonds. The van der Waals surface area contributed by atoms with E-state index in [0.717, 1.165) is 54.1 Å². The van der Waals surface area contributed by atoms with Gasteiger partial charge in [0.25, 0.3) is 5.91 Å². The molecule has 176 valence electrons. The zero-order chi connectivity index (χ0) is 24.2. The highest BCUT2D eigenvalue weighted by atomic mass is 35.5.